The number of carbonyl (C=O) groups is 1. The normalized spacial score (nSPS) is 8.00. The fourth-order valence-electron chi connectivity index (χ4n) is 0.207. The quantitative estimate of drug-likeness (QED) is 0.393. The van der Waals surface area contributed by atoms with Gasteiger partial charge in [0, 0.05) is 0 Å². The molecule has 0 saturated carbocycles. The van der Waals surface area contributed by atoms with Gasteiger partial charge in [0.15, 0.2) is 0 Å². The molecular weight excluding hydrogens is 122 g/mol. The Morgan fingerprint density at radius 3 is 3.00 bits per heavy atom. The average molecular weight is 131 g/mol. The molecule has 8 heavy (non-hydrogen) atoms. The second kappa shape index (κ2) is 4.39. The van der Waals surface area contributed by atoms with Gasteiger partial charge in [-0.2, -0.15) is 0 Å². The van der Waals surface area contributed by atoms with Gasteiger partial charge >= 0.3 is 6.09 Å². The van der Waals surface area contributed by atoms with Crippen LogP contribution in [-0.2, 0) is 4.74 Å². The predicted molar refractivity (Wildman–Crippen MR) is 34.6 cm³/mol. The van der Waals surface area contributed by atoms with Gasteiger partial charge in [-0.3, -0.25) is 0 Å². The molecule has 0 radical (unpaired) electrons. The summed E-state index contributed by atoms with van der Waals surface area (Å²) >= 11 is 0. The van der Waals surface area contributed by atoms with Gasteiger partial charge in [0.05, 0.1) is 0 Å². The molecule has 0 spiro atoms. The van der Waals surface area contributed by atoms with Crippen LogP contribution in [0.4, 0.5) is 4.79 Å². The van der Waals surface area contributed by atoms with Crippen molar-refractivity contribution in [2.24, 2.45) is 0 Å². The standard InChI is InChI=1S/C4H9NO2Si/c1-2-3-7-4(6)5-8/h2H,1,3H2,8H3,(H,5,6). The van der Waals surface area contributed by atoms with Crippen molar-refractivity contribution in [2.75, 3.05) is 6.61 Å². The van der Waals surface area contributed by atoms with E-state index in [-0.39, 0.29) is 12.7 Å². The number of hydrogen-bond donors (Lipinski definition) is 1. The molecule has 3 nitrogen and oxygen atoms in total. The van der Waals surface area contributed by atoms with Gasteiger partial charge in [-0.15, -0.1) is 0 Å². The zero-order chi connectivity index (χ0) is 6.41. The first-order valence-corrected chi connectivity index (χ1v) is 3.26. The molecule has 0 saturated heterocycles. The van der Waals surface area contributed by atoms with Gasteiger partial charge in [0.1, 0.15) is 17.0 Å². The van der Waals surface area contributed by atoms with Crippen molar-refractivity contribution < 1.29 is 9.53 Å². The second-order valence-electron chi connectivity index (χ2n) is 1.14. The lowest BCUT2D eigenvalue weighted by atomic mass is 10.7. The number of hydrogen-bond acceptors (Lipinski definition) is 2. The van der Waals surface area contributed by atoms with Gasteiger partial charge in [0.25, 0.3) is 0 Å². The number of ether oxygens (including phenoxy) is 1. The van der Waals surface area contributed by atoms with E-state index < -0.39 is 0 Å². The molecule has 46 valence electrons. The molecule has 0 aliphatic rings. The molecule has 1 N–H and O–H groups in total. The Morgan fingerprint density at radius 1 is 2.00 bits per heavy atom. The summed E-state index contributed by atoms with van der Waals surface area (Å²) in [6, 6.07) is 0. The Bertz CT molecular complexity index is 94.0. The lowest BCUT2D eigenvalue weighted by Crippen LogP contribution is -2.20. The molecule has 0 aromatic carbocycles. The molecule has 0 aliphatic carbocycles. The van der Waals surface area contributed by atoms with Crippen molar-refractivity contribution >= 4 is 16.5 Å². The molecular formula is C4H9NO2Si. The van der Waals surface area contributed by atoms with E-state index in [2.05, 4.69) is 16.3 Å². The van der Waals surface area contributed by atoms with E-state index in [1.807, 2.05) is 0 Å². The van der Waals surface area contributed by atoms with Gasteiger partial charge in [-0.1, -0.05) is 12.7 Å². The molecule has 0 aromatic rings. The molecule has 4 heteroatoms. The van der Waals surface area contributed by atoms with E-state index in [0.29, 0.717) is 10.4 Å². The first-order chi connectivity index (χ1) is 3.81. The van der Waals surface area contributed by atoms with Gasteiger partial charge < -0.3 is 9.72 Å². The minimum absolute atomic E-state index is 0.286. The molecule has 0 atom stereocenters. The lowest BCUT2D eigenvalue weighted by Gasteiger charge is -1.97. The third-order valence-corrected chi connectivity index (χ3v) is 0.945. The Morgan fingerprint density at radius 2 is 2.62 bits per heavy atom. The zero-order valence-corrected chi connectivity index (χ0v) is 6.81. The van der Waals surface area contributed by atoms with Crippen LogP contribution in [0.25, 0.3) is 0 Å². The van der Waals surface area contributed by atoms with Crippen molar-refractivity contribution in [1.29, 1.82) is 0 Å². The fourth-order valence-corrected chi connectivity index (χ4v) is 0.351. The van der Waals surface area contributed by atoms with Crippen LogP contribution >= 0.6 is 0 Å². The SMILES string of the molecule is C=CCOC(=O)N[SiH3]. The van der Waals surface area contributed by atoms with E-state index in [1.165, 1.54) is 6.08 Å². The van der Waals surface area contributed by atoms with Crippen LogP contribution in [0.1, 0.15) is 0 Å². The molecule has 0 fully saturated rings. The first-order valence-electron chi connectivity index (χ1n) is 2.26. The third-order valence-electron chi connectivity index (χ3n) is 0.536. The topological polar surface area (TPSA) is 38.3 Å². The van der Waals surface area contributed by atoms with Crippen LogP contribution in [0.3, 0.4) is 0 Å². The lowest BCUT2D eigenvalue weighted by molar-refractivity contribution is 0.165. The van der Waals surface area contributed by atoms with Crippen molar-refractivity contribution in [2.45, 2.75) is 0 Å². The smallest absolute Gasteiger partial charge is 0.398 e. The van der Waals surface area contributed by atoms with Crippen LogP contribution in [0, 0.1) is 0 Å². The Hall–Kier alpha value is -0.773. The number of nitrogens with one attached hydrogen (secondary N) is 1. The summed E-state index contributed by atoms with van der Waals surface area (Å²) in [5.41, 5.74) is 0. The highest BCUT2D eigenvalue weighted by Crippen LogP contribution is 1.73. The van der Waals surface area contributed by atoms with Crippen molar-refractivity contribution in [3.63, 3.8) is 0 Å². The molecule has 0 aliphatic heterocycles. The van der Waals surface area contributed by atoms with Crippen LogP contribution < -0.4 is 4.98 Å². The van der Waals surface area contributed by atoms with Gasteiger partial charge in [0.2, 0.25) is 0 Å². The minimum atomic E-state index is -0.364. The van der Waals surface area contributed by atoms with E-state index in [1.54, 1.807) is 0 Å². The van der Waals surface area contributed by atoms with E-state index in [0.717, 1.165) is 0 Å². The minimum Gasteiger partial charge on any atom is -0.446 e. The van der Waals surface area contributed by atoms with E-state index >= 15 is 0 Å². The predicted octanol–water partition coefficient (Wildman–Crippen LogP) is -0.821. The summed E-state index contributed by atoms with van der Waals surface area (Å²) in [7, 11) is 0.631. The van der Waals surface area contributed by atoms with E-state index in [9.17, 15) is 4.79 Å². The molecule has 0 bridgehead atoms. The van der Waals surface area contributed by atoms with Crippen LogP contribution in [0.5, 0.6) is 0 Å². The first kappa shape index (κ1) is 7.23. The summed E-state index contributed by atoms with van der Waals surface area (Å²) in [4.78, 5) is 12.7. The Labute approximate surface area is 51.2 Å². The summed E-state index contributed by atoms with van der Waals surface area (Å²) in [5, 5.41) is 0. The van der Waals surface area contributed by atoms with Crippen molar-refractivity contribution in [1.82, 2.24) is 4.98 Å². The van der Waals surface area contributed by atoms with Crippen LogP contribution in [0.15, 0.2) is 12.7 Å². The molecule has 0 heterocycles. The Balaban J connectivity index is 3.11. The van der Waals surface area contributed by atoms with Gasteiger partial charge in [-0.05, 0) is 0 Å². The van der Waals surface area contributed by atoms with E-state index in [4.69, 9.17) is 0 Å². The summed E-state index contributed by atoms with van der Waals surface area (Å²) in [6.45, 7) is 3.66. The molecule has 0 unspecified atom stereocenters. The van der Waals surface area contributed by atoms with Crippen molar-refractivity contribution in [3.8, 4) is 0 Å². The molecule has 1 amide bonds. The van der Waals surface area contributed by atoms with Crippen LogP contribution in [-0.4, -0.2) is 23.1 Å². The Kier molecular flexibility index (Phi) is 3.96. The highest BCUT2D eigenvalue weighted by Gasteiger charge is 1.90. The van der Waals surface area contributed by atoms with Crippen LogP contribution in [0.2, 0.25) is 0 Å². The average Bonchev–Trinajstić information content (AvgIpc) is 1.83. The summed E-state index contributed by atoms with van der Waals surface area (Å²) in [5.74, 6) is 0. The summed E-state index contributed by atoms with van der Waals surface area (Å²) < 4.78 is 4.51. The van der Waals surface area contributed by atoms with Crippen molar-refractivity contribution in [3.05, 3.63) is 12.7 Å². The highest BCUT2D eigenvalue weighted by atomic mass is 28.2. The van der Waals surface area contributed by atoms with Gasteiger partial charge in [-0.25, -0.2) is 4.79 Å². The number of rotatable bonds is 2. The fraction of sp³-hybridized carbons (Fsp3) is 0.250. The maximum Gasteiger partial charge on any atom is 0.398 e. The maximum atomic E-state index is 10.2. The zero-order valence-electron chi connectivity index (χ0n) is 4.81. The highest BCUT2D eigenvalue weighted by molar-refractivity contribution is 6.12. The third kappa shape index (κ3) is 3.42. The number of carbonyl (C=O) groups excluding carboxylic acids is 1. The number of amides is 1. The molecule has 0 rings (SSSR count). The maximum absolute atomic E-state index is 10.2. The summed E-state index contributed by atoms with van der Waals surface area (Å²) in [6.07, 6.45) is 1.16. The second-order valence-corrected chi connectivity index (χ2v) is 1.64. The molecule has 0 aromatic heterocycles. The monoisotopic (exact) mass is 131 g/mol. The largest absolute Gasteiger partial charge is 0.446 e.